The van der Waals surface area contributed by atoms with E-state index in [1.165, 1.54) is 0 Å². The van der Waals surface area contributed by atoms with Gasteiger partial charge in [-0.25, -0.2) is 0 Å². The average molecular weight is 182 g/mol. The molecule has 0 bridgehead atoms. The number of thiol groups is 1. The van der Waals surface area contributed by atoms with E-state index in [4.69, 9.17) is 20.4 Å². The molecule has 0 aliphatic carbocycles. The topological polar surface area (TPSA) is 80.9 Å². The Balaban J connectivity index is 3.29. The van der Waals surface area contributed by atoms with Crippen LogP contribution in [0.5, 0.6) is 0 Å². The number of aliphatic hydroxyl groups is 4. The predicted molar refractivity (Wildman–Crippen MR) is 43.1 cm³/mol. The van der Waals surface area contributed by atoms with Crippen molar-refractivity contribution in [3.8, 4) is 0 Å². The van der Waals surface area contributed by atoms with Crippen LogP contribution in [0.25, 0.3) is 0 Å². The highest BCUT2D eigenvalue weighted by molar-refractivity contribution is 7.80. The molecule has 5 heteroatoms. The molecule has 0 rings (SSSR count). The van der Waals surface area contributed by atoms with E-state index >= 15 is 0 Å². The first kappa shape index (κ1) is 11.2. The standard InChI is InChI=1S/C6H14O4S/c7-4(3-6(10)11)1-2-5(8)9/h4-11H,1-3H2/t4-,6?/m0/s1. The Kier molecular flexibility index (Phi) is 5.89. The lowest BCUT2D eigenvalue weighted by molar-refractivity contribution is -0.0542. The lowest BCUT2D eigenvalue weighted by Gasteiger charge is -2.11. The lowest BCUT2D eigenvalue weighted by Crippen LogP contribution is -2.16. The molecule has 0 fully saturated rings. The summed E-state index contributed by atoms with van der Waals surface area (Å²) in [5.74, 6) is 0. The molecule has 0 heterocycles. The fourth-order valence-corrected chi connectivity index (χ4v) is 0.946. The molecule has 0 saturated carbocycles. The van der Waals surface area contributed by atoms with Crippen LogP contribution >= 0.6 is 12.6 Å². The molecule has 0 aliphatic heterocycles. The molecule has 68 valence electrons. The minimum atomic E-state index is -1.39. The lowest BCUT2D eigenvalue weighted by atomic mass is 10.1. The summed E-state index contributed by atoms with van der Waals surface area (Å²) >= 11 is 3.65. The quantitative estimate of drug-likeness (QED) is 0.281. The second-order valence-electron chi connectivity index (χ2n) is 2.43. The summed E-state index contributed by atoms with van der Waals surface area (Å²) in [6, 6.07) is 0. The van der Waals surface area contributed by atoms with Crippen molar-refractivity contribution in [1.29, 1.82) is 0 Å². The van der Waals surface area contributed by atoms with Crippen LogP contribution < -0.4 is 0 Å². The molecule has 0 aromatic heterocycles. The highest BCUT2D eigenvalue weighted by Gasteiger charge is 2.09. The molecule has 0 aromatic rings. The SMILES string of the molecule is OC(O)CC[C@H](O)CC(O)S. The smallest absolute Gasteiger partial charge is 0.151 e. The second kappa shape index (κ2) is 5.79. The maximum absolute atomic E-state index is 9.04. The van der Waals surface area contributed by atoms with Gasteiger partial charge < -0.3 is 20.4 Å². The molecule has 0 amide bonds. The van der Waals surface area contributed by atoms with Gasteiger partial charge in [-0.3, -0.25) is 0 Å². The molecule has 1 unspecified atom stereocenters. The van der Waals surface area contributed by atoms with Crippen molar-refractivity contribution in [2.75, 3.05) is 0 Å². The summed E-state index contributed by atoms with van der Waals surface area (Å²) in [6.07, 6.45) is -1.58. The van der Waals surface area contributed by atoms with Crippen LogP contribution in [0.1, 0.15) is 19.3 Å². The fourth-order valence-electron chi connectivity index (χ4n) is 0.703. The summed E-state index contributed by atoms with van der Waals surface area (Å²) in [4.78, 5) is 0. The molecule has 0 saturated heterocycles. The van der Waals surface area contributed by atoms with Crippen molar-refractivity contribution < 1.29 is 20.4 Å². The average Bonchev–Trinajstić information content (AvgIpc) is 1.82. The third kappa shape index (κ3) is 8.09. The van der Waals surface area contributed by atoms with Crippen LogP contribution in [0.3, 0.4) is 0 Å². The number of hydrogen-bond acceptors (Lipinski definition) is 5. The second-order valence-corrected chi connectivity index (χ2v) is 3.02. The normalized spacial score (nSPS) is 16.9. The van der Waals surface area contributed by atoms with Gasteiger partial charge in [0.15, 0.2) is 6.29 Å². The van der Waals surface area contributed by atoms with Gasteiger partial charge in [-0.05, 0) is 6.42 Å². The van der Waals surface area contributed by atoms with Crippen LogP contribution in [0, 0.1) is 0 Å². The zero-order valence-corrected chi connectivity index (χ0v) is 6.98. The van der Waals surface area contributed by atoms with E-state index in [1.54, 1.807) is 0 Å². The minimum Gasteiger partial charge on any atom is -0.393 e. The van der Waals surface area contributed by atoms with Crippen LogP contribution in [-0.2, 0) is 0 Å². The molecule has 0 aliphatic rings. The van der Waals surface area contributed by atoms with E-state index in [0.29, 0.717) is 0 Å². The molecule has 11 heavy (non-hydrogen) atoms. The van der Waals surface area contributed by atoms with Crippen molar-refractivity contribution in [1.82, 2.24) is 0 Å². The zero-order valence-electron chi connectivity index (χ0n) is 6.09. The third-order valence-corrected chi connectivity index (χ3v) is 1.45. The Morgan fingerprint density at radius 1 is 1.00 bits per heavy atom. The molecule has 0 aromatic carbocycles. The molecular formula is C6H14O4S. The maximum Gasteiger partial charge on any atom is 0.151 e. The Morgan fingerprint density at radius 2 is 1.55 bits per heavy atom. The fraction of sp³-hybridized carbons (Fsp3) is 1.00. The zero-order chi connectivity index (χ0) is 8.85. The summed E-state index contributed by atoms with van der Waals surface area (Å²) < 4.78 is 0. The van der Waals surface area contributed by atoms with Gasteiger partial charge >= 0.3 is 0 Å². The van der Waals surface area contributed by atoms with Gasteiger partial charge in [-0.2, -0.15) is 0 Å². The van der Waals surface area contributed by atoms with Gasteiger partial charge in [0.2, 0.25) is 0 Å². The largest absolute Gasteiger partial charge is 0.393 e. The Hall–Kier alpha value is 0.190. The van der Waals surface area contributed by atoms with E-state index in [1.807, 2.05) is 0 Å². The predicted octanol–water partition coefficient (Wildman–Crippen LogP) is -0.924. The van der Waals surface area contributed by atoms with E-state index in [0.717, 1.165) is 0 Å². The Morgan fingerprint density at radius 3 is 1.91 bits per heavy atom. The van der Waals surface area contributed by atoms with Crippen molar-refractivity contribution in [3.05, 3.63) is 0 Å². The van der Waals surface area contributed by atoms with E-state index < -0.39 is 17.8 Å². The highest BCUT2D eigenvalue weighted by Crippen LogP contribution is 2.08. The summed E-state index contributed by atoms with van der Waals surface area (Å²) in [5, 5.41) is 34.5. The van der Waals surface area contributed by atoms with Crippen molar-refractivity contribution in [2.45, 2.75) is 37.1 Å². The summed E-state index contributed by atoms with van der Waals surface area (Å²) in [7, 11) is 0. The van der Waals surface area contributed by atoms with Gasteiger partial charge in [-0.15, -0.1) is 12.6 Å². The molecule has 2 atom stereocenters. The Labute approximate surface area is 70.9 Å². The molecule has 4 N–H and O–H groups in total. The summed E-state index contributed by atoms with van der Waals surface area (Å²) in [6.45, 7) is 0. The van der Waals surface area contributed by atoms with Crippen LogP contribution in [0.4, 0.5) is 0 Å². The van der Waals surface area contributed by atoms with Gasteiger partial charge in [-0.1, -0.05) is 0 Å². The molecule has 4 nitrogen and oxygen atoms in total. The van der Waals surface area contributed by atoms with Crippen molar-refractivity contribution in [2.24, 2.45) is 0 Å². The maximum atomic E-state index is 9.04. The van der Waals surface area contributed by atoms with Crippen LogP contribution in [0.15, 0.2) is 0 Å². The Bertz CT molecular complexity index is 96.6. The van der Waals surface area contributed by atoms with Crippen LogP contribution in [-0.4, -0.2) is 38.3 Å². The first-order chi connectivity index (χ1) is 5.02. The first-order valence-electron chi connectivity index (χ1n) is 3.42. The number of rotatable bonds is 5. The monoisotopic (exact) mass is 182 g/mol. The van der Waals surface area contributed by atoms with E-state index in [2.05, 4.69) is 12.6 Å². The van der Waals surface area contributed by atoms with Crippen molar-refractivity contribution >= 4 is 12.6 Å². The van der Waals surface area contributed by atoms with Crippen LogP contribution in [0.2, 0.25) is 0 Å². The molecular weight excluding hydrogens is 168 g/mol. The van der Waals surface area contributed by atoms with Gasteiger partial charge in [0, 0.05) is 12.8 Å². The number of hydrogen-bond donors (Lipinski definition) is 5. The van der Waals surface area contributed by atoms with Gasteiger partial charge in [0.05, 0.1) is 11.5 Å². The van der Waals surface area contributed by atoms with Gasteiger partial charge in [0.25, 0.3) is 0 Å². The number of aliphatic hydroxyl groups excluding tert-OH is 3. The summed E-state index contributed by atoms with van der Waals surface area (Å²) in [5.41, 5.74) is -0.846. The highest BCUT2D eigenvalue weighted by atomic mass is 32.1. The molecule has 0 radical (unpaired) electrons. The molecule has 0 spiro atoms. The first-order valence-corrected chi connectivity index (χ1v) is 3.94. The minimum absolute atomic E-state index is 0.113. The van der Waals surface area contributed by atoms with E-state index in [-0.39, 0.29) is 19.3 Å². The third-order valence-electron chi connectivity index (χ3n) is 1.24. The van der Waals surface area contributed by atoms with E-state index in [9.17, 15) is 0 Å². The van der Waals surface area contributed by atoms with Gasteiger partial charge in [0.1, 0.15) is 0 Å². The van der Waals surface area contributed by atoms with Crippen molar-refractivity contribution in [3.63, 3.8) is 0 Å².